The molecule has 5 heteroatoms. The van der Waals surface area contributed by atoms with Crippen molar-refractivity contribution in [3.05, 3.63) is 0 Å². The van der Waals surface area contributed by atoms with Gasteiger partial charge in [0.15, 0.2) is 0 Å². The molecule has 94 valence electrons. The standard InChI is InChI=1S/C11H22N2O2S/c1-8(10(7-14)16-2)13-11(15)6-9-4-3-5-12-9/h8-10,12,14H,3-7H2,1-2H3,(H,13,15). The van der Waals surface area contributed by atoms with Gasteiger partial charge < -0.3 is 15.7 Å². The molecule has 0 aliphatic carbocycles. The summed E-state index contributed by atoms with van der Waals surface area (Å²) in [5.74, 6) is 0.0828. The van der Waals surface area contributed by atoms with Gasteiger partial charge in [0.2, 0.25) is 5.91 Å². The fourth-order valence-corrected chi connectivity index (χ4v) is 2.62. The Labute approximate surface area is 102 Å². The zero-order chi connectivity index (χ0) is 12.0. The highest BCUT2D eigenvalue weighted by Gasteiger charge is 2.21. The van der Waals surface area contributed by atoms with Crippen LogP contribution in [0.3, 0.4) is 0 Å². The summed E-state index contributed by atoms with van der Waals surface area (Å²) in [6.07, 6.45) is 4.75. The van der Waals surface area contributed by atoms with Crippen LogP contribution in [0.2, 0.25) is 0 Å². The number of thioether (sulfide) groups is 1. The summed E-state index contributed by atoms with van der Waals surface area (Å²) in [6, 6.07) is 0.364. The van der Waals surface area contributed by atoms with E-state index in [1.54, 1.807) is 11.8 Å². The SMILES string of the molecule is CSC(CO)C(C)NC(=O)CC1CCCN1. The Bertz CT molecular complexity index is 216. The monoisotopic (exact) mass is 246 g/mol. The van der Waals surface area contributed by atoms with Gasteiger partial charge in [0, 0.05) is 23.8 Å². The summed E-state index contributed by atoms with van der Waals surface area (Å²) in [6.45, 7) is 3.07. The Morgan fingerprint density at radius 3 is 2.94 bits per heavy atom. The van der Waals surface area contributed by atoms with E-state index in [-0.39, 0.29) is 23.8 Å². The molecule has 0 aromatic carbocycles. The number of rotatable bonds is 6. The fraction of sp³-hybridized carbons (Fsp3) is 0.909. The van der Waals surface area contributed by atoms with E-state index in [9.17, 15) is 4.79 Å². The first-order chi connectivity index (χ1) is 7.67. The predicted octanol–water partition coefficient (Wildman–Crippen LogP) is 0.357. The van der Waals surface area contributed by atoms with Crippen LogP contribution in [0.5, 0.6) is 0 Å². The summed E-state index contributed by atoms with van der Waals surface area (Å²) >= 11 is 1.58. The van der Waals surface area contributed by atoms with Gasteiger partial charge in [-0.25, -0.2) is 0 Å². The third kappa shape index (κ3) is 4.31. The van der Waals surface area contributed by atoms with E-state index in [0.717, 1.165) is 19.4 Å². The van der Waals surface area contributed by atoms with Crippen LogP contribution in [-0.2, 0) is 4.79 Å². The second-order valence-electron chi connectivity index (χ2n) is 4.31. The van der Waals surface area contributed by atoms with Gasteiger partial charge in [0.05, 0.1) is 6.61 Å². The molecule has 3 atom stereocenters. The van der Waals surface area contributed by atoms with E-state index in [1.165, 1.54) is 0 Å². The number of carbonyl (C=O) groups excluding carboxylic acids is 1. The minimum absolute atomic E-state index is 0.0221. The van der Waals surface area contributed by atoms with Crippen LogP contribution in [0.1, 0.15) is 26.2 Å². The molecule has 1 fully saturated rings. The Balaban J connectivity index is 2.26. The lowest BCUT2D eigenvalue weighted by Gasteiger charge is -2.22. The molecule has 3 N–H and O–H groups in total. The average molecular weight is 246 g/mol. The number of amides is 1. The van der Waals surface area contributed by atoms with Gasteiger partial charge in [-0.3, -0.25) is 4.79 Å². The number of aliphatic hydroxyl groups excluding tert-OH is 1. The van der Waals surface area contributed by atoms with Crippen molar-refractivity contribution in [1.82, 2.24) is 10.6 Å². The molecule has 1 aliphatic heterocycles. The number of hydrogen-bond acceptors (Lipinski definition) is 4. The molecule has 3 unspecified atom stereocenters. The third-order valence-electron chi connectivity index (χ3n) is 3.02. The molecule has 16 heavy (non-hydrogen) atoms. The van der Waals surface area contributed by atoms with Gasteiger partial charge in [0.1, 0.15) is 0 Å². The third-order valence-corrected chi connectivity index (χ3v) is 4.19. The van der Waals surface area contributed by atoms with Crippen LogP contribution < -0.4 is 10.6 Å². The molecule has 1 rings (SSSR count). The van der Waals surface area contributed by atoms with Crippen LogP contribution in [0, 0.1) is 0 Å². The maximum atomic E-state index is 11.7. The largest absolute Gasteiger partial charge is 0.395 e. The first-order valence-electron chi connectivity index (χ1n) is 5.83. The Morgan fingerprint density at radius 2 is 2.44 bits per heavy atom. The van der Waals surface area contributed by atoms with Gasteiger partial charge in [0.25, 0.3) is 0 Å². The summed E-state index contributed by atoms with van der Waals surface area (Å²) in [5.41, 5.74) is 0. The zero-order valence-electron chi connectivity index (χ0n) is 10.0. The van der Waals surface area contributed by atoms with Crippen molar-refractivity contribution in [3.8, 4) is 0 Å². The summed E-state index contributed by atoms with van der Waals surface area (Å²) in [7, 11) is 0. The van der Waals surface area contributed by atoms with Crippen molar-refractivity contribution in [2.45, 2.75) is 43.5 Å². The van der Waals surface area contributed by atoms with E-state index in [2.05, 4.69) is 10.6 Å². The maximum Gasteiger partial charge on any atom is 0.221 e. The van der Waals surface area contributed by atoms with Gasteiger partial charge >= 0.3 is 0 Å². The molecule has 0 aromatic rings. The highest BCUT2D eigenvalue weighted by atomic mass is 32.2. The lowest BCUT2D eigenvalue weighted by molar-refractivity contribution is -0.122. The van der Waals surface area contributed by atoms with Crippen molar-refractivity contribution < 1.29 is 9.90 Å². The van der Waals surface area contributed by atoms with E-state index >= 15 is 0 Å². The van der Waals surface area contributed by atoms with Gasteiger partial charge in [-0.2, -0.15) is 11.8 Å². The van der Waals surface area contributed by atoms with Crippen LogP contribution in [-0.4, -0.2) is 47.8 Å². The number of nitrogens with one attached hydrogen (secondary N) is 2. The topological polar surface area (TPSA) is 61.4 Å². The summed E-state index contributed by atoms with van der Waals surface area (Å²) in [5, 5.41) is 15.4. The van der Waals surface area contributed by atoms with E-state index in [0.29, 0.717) is 12.5 Å². The second kappa shape index (κ2) is 7.14. The van der Waals surface area contributed by atoms with Gasteiger partial charge in [-0.1, -0.05) is 0 Å². The fourth-order valence-electron chi connectivity index (χ4n) is 2.00. The molecule has 1 heterocycles. The number of hydrogen-bond donors (Lipinski definition) is 3. The van der Waals surface area contributed by atoms with E-state index in [1.807, 2.05) is 13.2 Å². The normalized spacial score (nSPS) is 24.1. The minimum Gasteiger partial charge on any atom is -0.395 e. The van der Waals surface area contributed by atoms with E-state index in [4.69, 9.17) is 5.11 Å². The average Bonchev–Trinajstić information content (AvgIpc) is 2.71. The Kier molecular flexibility index (Phi) is 6.16. The van der Waals surface area contributed by atoms with Crippen molar-refractivity contribution in [2.24, 2.45) is 0 Å². The lowest BCUT2D eigenvalue weighted by Crippen LogP contribution is -2.43. The molecule has 1 saturated heterocycles. The van der Waals surface area contributed by atoms with Gasteiger partial charge in [-0.15, -0.1) is 0 Å². The first-order valence-corrected chi connectivity index (χ1v) is 7.12. The second-order valence-corrected chi connectivity index (χ2v) is 5.39. The minimum atomic E-state index is 0.0221. The predicted molar refractivity (Wildman–Crippen MR) is 67.6 cm³/mol. The molecular weight excluding hydrogens is 224 g/mol. The number of carbonyl (C=O) groups is 1. The van der Waals surface area contributed by atoms with Crippen LogP contribution in [0.15, 0.2) is 0 Å². The van der Waals surface area contributed by atoms with Crippen LogP contribution in [0.4, 0.5) is 0 Å². The molecule has 0 radical (unpaired) electrons. The highest BCUT2D eigenvalue weighted by Crippen LogP contribution is 2.12. The molecule has 0 spiro atoms. The van der Waals surface area contributed by atoms with Crippen molar-refractivity contribution >= 4 is 17.7 Å². The van der Waals surface area contributed by atoms with Crippen molar-refractivity contribution in [1.29, 1.82) is 0 Å². The lowest BCUT2D eigenvalue weighted by atomic mass is 10.1. The zero-order valence-corrected chi connectivity index (χ0v) is 10.8. The summed E-state index contributed by atoms with van der Waals surface area (Å²) in [4.78, 5) is 11.7. The summed E-state index contributed by atoms with van der Waals surface area (Å²) < 4.78 is 0. The van der Waals surface area contributed by atoms with Crippen LogP contribution >= 0.6 is 11.8 Å². The molecule has 4 nitrogen and oxygen atoms in total. The smallest absolute Gasteiger partial charge is 0.221 e. The van der Waals surface area contributed by atoms with Gasteiger partial charge in [-0.05, 0) is 32.6 Å². The Hall–Kier alpha value is -0.260. The molecule has 1 aliphatic rings. The van der Waals surface area contributed by atoms with Crippen molar-refractivity contribution in [3.63, 3.8) is 0 Å². The molecule has 0 saturated carbocycles. The number of aliphatic hydroxyl groups is 1. The molecule has 1 amide bonds. The van der Waals surface area contributed by atoms with E-state index < -0.39 is 0 Å². The quantitative estimate of drug-likeness (QED) is 0.633. The maximum absolute atomic E-state index is 11.7. The Morgan fingerprint density at radius 1 is 1.69 bits per heavy atom. The van der Waals surface area contributed by atoms with Crippen molar-refractivity contribution in [2.75, 3.05) is 19.4 Å². The molecular formula is C11H22N2O2S. The highest BCUT2D eigenvalue weighted by molar-refractivity contribution is 7.99. The molecule has 0 bridgehead atoms. The van der Waals surface area contributed by atoms with Crippen LogP contribution in [0.25, 0.3) is 0 Å². The molecule has 0 aromatic heterocycles. The first kappa shape index (κ1) is 13.8.